The molecule has 0 aliphatic rings. The predicted molar refractivity (Wildman–Crippen MR) is 71.1 cm³/mol. The van der Waals surface area contributed by atoms with Crippen molar-refractivity contribution in [3.63, 3.8) is 0 Å². The van der Waals surface area contributed by atoms with E-state index in [1.165, 1.54) is 12.8 Å². The van der Waals surface area contributed by atoms with E-state index in [1.807, 2.05) is 12.1 Å². The summed E-state index contributed by atoms with van der Waals surface area (Å²) in [7, 11) is 2.07. The van der Waals surface area contributed by atoms with Gasteiger partial charge in [-0.3, -0.25) is 0 Å². The molecule has 1 rings (SSSR count). The molecular weight excluding hydrogens is 214 g/mol. The van der Waals surface area contributed by atoms with Crippen LogP contribution in [0.15, 0.2) is 27.8 Å². The van der Waals surface area contributed by atoms with Crippen LogP contribution in [0.3, 0.4) is 0 Å². The van der Waals surface area contributed by atoms with E-state index in [2.05, 4.69) is 36.1 Å². The van der Waals surface area contributed by atoms with Crippen LogP contribution in [0.1, 0.15) is 32.4 Å². The van der Waals surface area contributed by atoms with Gasteiger partial charge in [-0.05, 0) is 25.5 Å². The number of hydrogen-bond acceptors (Lipinski definition) is 2. The van der Waals surface area contributed by atoms with Crippen LogP contribution in [-0.4, -0.2) is 31.0 Å². The third-order valence-electron chi connectivity index (χ3n) is 2.51. The molecule has 1 N–H and O–H groups in total. The fourth-order valence-electron chi connectivity index (χ4n) is 1.53. The smallest absolute Gasteiger partial charge is 0.194 e. The Kier molecular flexibility index (Phi) is 6.22. The maximum atomic E-state index is 5.27. The monoisotopic (exact) mass is 237 g/mol. The van der Waals surface area contributed by atoms with Gasteiger partial charge in [-0.2, -0.15) is 0 Å². The summed E-state index contributed by atoms with van der Waals surface area (Å²) < 4.78 is 5.27. The Morgan fingerprint density at radius 2 is 2.29 bits per heavy atom. The Morgan fingerprint density at radius 1 is 1.47 bits per heavy atom. The summed E-state index contributed by atoms with van der Waals surface area (Å²) in [6.45, 7) is 6.77. The third-order valence-corrected chi connectivity index (χ3v) is 2.51. The minimum Gasteiger partial charge on any atom is -0.467 e. The standard InChI is InChI=1S/C13H23N3O/c1-4-6-9-16(3)13(14-5-2)15-11-12-8-7-10-17-12/h7-8,10H,4-6,9,11H2,1-3H3,(H,14,15). The Morgan fingerprint density at radius 3 is 2.88 bits per heavy atom. The van der Waals surface area contributed by atoms with Crippen LogP contribution in [0.5, 0.6) is 0 Å². The number of furan rings is 1. The lowest BCUT2D eigenvalue weighted by Crippen LogP contribution is -2.39. The molecule has 1 heterocycles. The van der Waals surface area contributed by atoms with Gasteiger partial charge in [0.05, 0.1) is 6.26 Å². The maximum absolute atomic E-state index is 5.27. The van der Waals surface area contributed by atoms with Crippen LogP contribution in [0, 0.1) is 0 Å². The molecule has 0 aliphatic heterocycles. The predicted octanol–water partition coefficient (Wildman–Crippen LogP) is 2.48. The molecule has 0 fully saturated rings. The number of hydrogen-bond donors (Lipinski definition) is 1. The van der Waals surface area contributed by atoms with E-state index in [1.54, 1.807) is 6.26 Å². The average molecular weight is 237 g/mol. The summed E-state index contributed by atoms with van der Waals surface area (Å²) in [6.07, 6.45) is 4.06. The van der Waals surface area contributed by atoms with Crippen LogP contribution in [-0.2, 0) is 6.54 Å². The molecule has 0 spiro atoms. The van der Waals surface area contributed by atoms with E-state index in [4.69, 9.17) is 4.42 Å². The first-order chi connectivity index (χ1) is 8.27. The van der Waals surface area contributed by atoms with Gasteiger partial charge in [0.15, 0.2) is 5.96 Å². The SMILES string of the molecule is CCCCN(C)C(=NCc1ccco1)NCC. The zero-order chi connectivity index (χ0) is 12.5. The van der Waals surface area contributed by atoms with Crippen molar-refractivity contribution in [2.75, 3.05) is 20.1 Å². The Labute approximate surface area is 104 Å². The molecule has 0 radical (unpaired) electrons. The van der Waals surface area contributed by atoms with Gasteiger partial charge in [0, 0.05) is 20.1 Å². The van der Waals surface area contributed by atoms with E-state index in [0.717, 1.165) is 24.8 Å². The van der Waals surface area contributed by atoms with Crippen LogP contribution in [0.25, 0.3) is 0 Å². The number of nitrogens with zero attached hydrogens (tertiary/aromatic N) is 2. The minimum atomic E-state index is 0.589. The minimum absolute atomic E-state index is 0.589. The number of rotatable bonds is 6. The number of aliphatic imine (C=N–C) groups is 1. The quantitative estimate of drug-likeness (QED) is 0.610. The zero-order valence-electron chi connectivity index (χ0n) is 11.1. The lowest BCUT2D eigenvalue weighted by molar-refractivity contribution is 0.460. The highest BCUT2D eigenvalue weighted by Gasteiger charge is 2.04. The molecule has 0 aliphatic carbocycles. The lowest BCUT2D eigenvalue weighted by Gasteiger charge is -2.21. The molecule has 0 unspecified atom stereocenters. The van der Waals surface area contributed by atoms with Gasteiger partial charge >= 0.3 is 0 Å². The van der Waals surface area contributed by atoms with Gasteiger partial charge in [-0.1, -0.05) is 13.3 Å². The Bertz CT molecular complexity index is 319. The van der Waals surface area contributed by atoms with E-state index < -0.39 is 0 Å². The second-order valence-corrected chi connectivity index (χ2v) is 4.02. The summed E-state index contributed by atoms with van der Waals surface area (Å²) in [5.41, 5.74) is 0. The van der Waals surface area contributed by atoms with Crippen LogP contribution in [0.4, 0.5) is 0 Å². The van der Waals surface area contributed by atoms with Gasteiger partial charge in [-0.15, -0.1) is 0 Å². The molecular formula is C13H23N3O. The largest absolute Gasteiger partial charge is 0.467 e. The highest BCUT2D eigenvalue weighted by atomic mass is 16.3. The molecule has 1 aromatic rings. The molecule has 0 bridgehead atoms. The van der Waals surface area contributed by atoms with Crippen molar-refractivity contribution >= 4 is 5.96 Å². The van der Waals surface area contributed by atoms with Crippen LogP contribution >= 0.6 is 0 Å². The van der Waals surface area contributed by atoms with Crippen molar-refractivity contribution in [1.29, 1.82) is 0 Å². The molecule has 4 nitrogen and oxygen atoms in total. The number of guanidine groups is 1. The second kappa shape index (κ2) is 7.76. The summed E-state index contributed by atoms with van der Waals surface area (Å²) in [5.74, 6) is 1.83. The van der Waals surface area contributed by atoms with Crippen LogP contribution in [0.2, 0.25) is 0 Å². The van der Waals surface area contributed by atoms with Crippen molar-refractivity contribution in [3.05, 3.63) is 24.2 Å². The van der Waals surface area contributed by atoms with Crippen molar-refractivity contribution in [2.45, 2.75) is 33.2 Å². The van der Waals surface area contributed by atoms with E-state index >= 15 is 0 Å². The van der Waals surface area contributed by atoms with Gasteiger partial charge in [0.1, 0.15) is 12.3 Å². The van der Waals surface area contributed by atoms with E-state index in [9.17, 15) is 0 Å². The first-order valence-electron chi connectivity index (χ1n) is 6.29. The summed E-state index contributed by atoms with van der Waals surface area (Å²) in [4.78, 5) is 6.71. The third kappa shape index (κ3) is 4.93. The van der Waals surface area contributed by atoms with Gasteiger partial charge in [0.25, 0.3) is 0 Å². The molecule has 1 aromatic heterocycles. The van der Waals surface area contributed by atoms with Gasteiger partial charge in [-0.25, -0.2) is 4.99 Å². The topological polar surface area (TPSA) is 40.8 Å². The first-order valence-corrected chi connectivity index (χ1v) is 6.29. The first kappa shape index (κ1) is 13.6. The summed E-state index contributed by atoms with van der Waals surface area (Å²) >= 11 is 0. The fourth-order valence-corrected chi connectivity index (χ4v) is 1.53. The molecule has 96 valence electrons. The molecule has 0 saturated heterocycles. The highest BCUT2D eigenvalue weighted by Crippen LogP contribution is 2.02. The van der Waals surface area contributed by atoms with Crippen molar-refractivity contribution in [2.24, 2.45) is 4.99 Å². The Hall–Kier alpha value is -1.45. The van der Waals surface area contributed by atoms with Crippen molar-refractivity contribution in [3.8, 4) is 0 Å². The van der Waals surface area contributed by atoms with Crippen LogP contribution < -0.4 is 5.32 Å². The zero-order valence-corrected chi connectivity index (χ0v) is 11.1. The molecule has 0 atom stereocenters. The molecule has 0 saturated carbocycles. The Balaban J connectivity index is 2.54. The number of nitrogens with one attached hydrogen (secondary N) is 1. The number of unbranched alkanes of at least 4 members (excludes halogenated alkanes) is 1. The highest BCUT2D eigenvalue weighted by molar-refractivity contribution is 5.79. The van der Waals surface area contributed by atoms with E-state index in [-0.39, 0.29) is 0 Å². The average Bonchev–Trinajstić information content (AvgIpc) is 2.84. The van der Waals surface area contributed by atoms with Gasteiger partial charge < -0.3 is 14.6 Å². The molecule has 0 amide bonds. The summed E-state index contributed by atoms with van der Waals surface area (Å²) in [5, 5.41) is 3.29. The molecule has 17 heavy (non-hydrogen) atoms. The lowest BCUT2D eigenvalue weighted by atomic mass is 10.3. The summed E-state index contributed by atoms with van der Waals surface area (Å²) in [6, 6.07) is 3.83. The molecule has 0 aromatic carbocycles. The second-order valence-electron chi connectivity index (χ2n) is 4.02. The maximum Gasteiger partial charge on any atom is 0.194 e. The normalized spacial score (nSPS) is 11.6. The van der Waals surface area contributed by atoms with Crippen molar-refractivity contribution < 1.29 is 4.42 Å². The molecule has 4 heteroatoms. The van der Waals surface area contributed by atoms with Gasteiger partial charge in [0.2, 0.25) is 0 Å². The van der Waals surface area contributed by atoms with E-state index in [0.29, 0.717) is 6.54 Å². The fraction of sp³-hybridized carbons (Fsp3) is 0.615. The van der Waals surface area contributed by atoms with Crippen molar-refractivity contribution in [1.82, 2.24) is 10.2 Å².